The normalized spacial score (nSPS) is 11.2. The van der Waals surface area contributed by atoms with Gasteiger partial charge in [-0.2, -0.15) is 0 Å². The molecule has 0 aromatic carbocycles. The number of carbonyl (C=O) groups is 1. The van der Waals surface area contributed by atoms with Crippen molar-refractivity contribution in [2.75, 3.05) is 25.1 Å². The number of hydrogen-bond acceptors (Lipinski definition) is 5. The van der Waals surface area contributed by atoms with Gasteiger partial charge in [-0.3, -0.25) is 0 Å². The van der Waals surface area contributed by atoms with Crippen LogP contribution in [-0.2, 0) is 9.47 Å². The molecule has 1 rings (SSSR count). The molecule has 0 bridgehead atoms. The molecule has 1 N–H and O–H groups in total. The zero-order valence-corrected chi connectivity index (χ0v) is 12.0. The second kappa shape index (κ2) is 7.09. The summed E-state index contributed by atoms with van der Waals surface area (Å²) < 4.78 is 10.5. The number of nitrogens with zero attached hydrogens (tertiary/aromatic N) is 1. The monoisotopic (exact) mass is 266 g/mol. The second-order valence-corrected chi connectivity index (χ2v) is 4.70. The lowest BCUT2D eigenvalue weighted by atomic mass is 10.1. The molecule has 5 nitrogen and oxygen atoms in total. The van der Waals surface area contributed by atoms with E-state index in [9.17, 15) is 4.79 Å². The molecule has 5 heteroatoms. The third-order valence-electron chi connectivity index (χ3n) is 2.50. The van der Waals surface area contributed by atoms with Crippen LogP contribution in [0.1, 0.15) is 38.1 Å². The fraction of sp³-hybridized carbons (Fsp3) is 0.571. The highest BCUT2D eigenvalue weighted by Crippen LogP contribution is 2.12. The van der Waals surface area contributed by atoms with Gasteiger partial charge in [0.1, 0.15) is 5.82 Å². The van der Waals surface area contributed by atoms with E-state index in [0.29, 0.717) is 31.1 Å². The van der Waals surface area contributed by atoms with E-state index < -0.39 is 0 Å². The lowest BCUT2D eigenvalue weighted by molar-refractivity contribution is 0.000632. The number of carbonyl (C=O) groups excluding carboxylic acids is 1. The van der Waals surface area contributed by atoms with E-state index in [1.165, 1.54) is 6.20 Å². The summed E-state index contributed by atoms with van der Waals surface area (Å²) in [6.45, 7) is 9.44. The Bertz CT molecular complexity index is 402. The van der Waals surface area contributed by atoms with Gasteiger partial charge in [-0.1, -0.05) is 0 Å². The molecule has 1 aromatic heterocycles. The Hall–Kier alpha value is -1.62. The lowest BCUT2D eigenvalue weighted by Gasteiger charge is -2.25. The molecule has 1 heterocycles. The van der Waals surface area contributed by atoms with Crippen LogP contribution in [0.25, 0.3) is 0 Å². The Morgan fingerprint density at radius 3 is 2.58 bits per heavy atom. The molecule has 0 amide bonds. The van der Waals surface area contributed by atoms with E-state index in [1.54, 1.807) is 19.1 Å². The number of aromatic nitrogens is 1. The summed E-state index contributed by atoms with van der Waals surface area (Å²) in [4.78, 5) is 15.6. The number of nitrogens with one attached hydrogen (secondary N) is 1. The number of rotatable bonds is 7. The van der Waals surface area contributed by atoms with Gasteiger partial charge in [0, 0.05) is 19.3 Å². The molecule has 0 aliphatic carbocycles. The van der Waals surface area contributed by atoms with Crippen molar-refractivity contribution in [1.82, 2.24) is 4.98 Å². The quantitative estimate of drug-likeness (QED) is 0.768. The molecule has 0 fully saturated rings. The predicted octanol–water partition coefficient (Wildman–Crippen LogP) is 2.49. The van der Waals surface area contributed by atoms with Gasteiger partial charge in [-0.15, -0.1) is 0 Å². The van der Waals surface area contributed by atoms with E-state index >= 15 is 0 Å². The topological polar surface area (TPSA) is 60.5 Å². The van der Waals surface area contributed by atoms with Crippen LogP contribution in [0.5, 0.6) is 0 Å². The number of hydrogen-bond donors (Lipinski definition) is 1. The summed E-state index contributed by atoms with van der Waals surface area (Å²) in [6, 6.07) is 3.45. The molecule has 0 unspecified atom stereocenters. The molecule has 106 valence electrons. The summed E-state index contributed by atoms with van der Waals surface area (Å²) in [5.74, 6) is 0.358. The zero-order chi connectivity index (χ0) is 14.3. The number of anilines is 1. The minimum absolute atomic E-state index is 0.254. The van der Waals surface area contributed by atoms with Crippen LogP contribution in [0, 0.1) is 0 Å². The Balaban J connectivity index is 2.55. The van der Waals surface area contributed by atoms with Gasteiger partial charge in [-0.25, -0.2) is 9.78 Å². The molecule has 0 saturated heterocycles. The van der Waals surface area contributed by atoms with Crippen molar-refractivity contribution in [2.45, 2.75) is 33.3 Å². The lowest BCUT2D eigenvalue weighted by Crippen LogP contribution is -2.33. The Kier molecular flexibility index (Phi) is 5.76. The molecule has 0 spiro atoms. The van der Waals surface area contributed by atoms with Crippen molar-refractivity contribution in [2.24, 2.45) is 0 Å². The average Bonchev–Trinajstić information content (AvgIpc) is 2.37. The maximum atomic E-state index is 11.5. The Labute approximate surface area is 114 Å². The minimum atomic E-state index is -0.351. The first-order valence-corrected chi connectivity index (χ1v) is 6.49. The van der Waals surface area contributed by atoms with E-state index in [-0.39, 0.29) is 11.6 Å². The van der Waals surface area contributed by atoms with Gasteiger partial charge in [0.15, 0.2) is 0 Å². The first-order valence-electron chi connectivity index (χ1n) is 6.49. The Morgan fingerprint density at radius 1 is 1.32 bits per heavy atom. The molecule has 0 aliphatic rings. The summed E-state index contributed by atoms with van der Waals surface area (Å²) >= 11 is 0. The van der Waals surface area contributed by atoms with Crippen molar-refractivity contribution in [3.05, 3.63) is 23.9 Å². The highest BCUT2D eigenvalue weighted by molar-refractivity contribution is 5.89. The SMILES string of the molecule is CCOC(=O)c1ccc(NCC(C)(C)OCC)nc1. The predicted molar refractivity (Wildman–Crippen MR) is 74.4 cm³/mol. The van der Waals surface area contributed by atoms with Crippen molar-refractivity contribution < 1.29 is 14.3 Å². The molecule has 1 aromatic rings. The smallest absolute Gasteiger partial charge is 0.339 e. The molecule has 0 radical (unpaired) electrons. The van der Waals surface area contributed by atoms with Gasteiger partial charge in [0.05, 0.1) is 17.8 Å². The van der Waals surface area contributed by atoms with E-state index in [0.717, 1.165) is 0 Å². The first-order chi connectivity index (χ1) is 8.98. The summed E-state index contributed by atoms with van der Waals surface area (Å²) in [5, 5.41) is 3.18. The minimum Gasteiger partial charge on any atom is -0.462 e. The molecular weight excluding hydrogens is 244 g/mol. The zero-order valence-electron chi connectivity index (χ0n) is 12.0. The highest BCUT2D eigenvalue weighted by atomic mass is 16.5. The molecule has 0 saturated carbocycles. The summed E-state index contributed by atoms with van der Waals surface area (Å²) in [5.41, 5.74) is 0.201. The summed E-state index contributed by atoms with van der Waals surface area (Å²) in [7, 11) is 0. The standard InChI is InChI=1S/C14H22N2O3/c1-5-18-13(17)11-7-8-12(15-9-11)16-10-14(3,4)19-6-2/h7-9H,5-6,10H2,1-4H3,(H,15,16). The van der Waals surface area contributed by atoms with Gasteiger partial charge < -0.3 is 14.8 Å². The van der Waals surface area contributed by atoms with Crippen LogP contribution in [0.3, 0.4) is 0 Å². The van der Waals surface area contributed by atoms with Gasteiger partial charge in [0.25, 0.3) is 0 Å². The van der Waals surface area contributed by atoms with Crippen LogP contribution >= 0.6 is 0 Å². The maximum Gasteiger partial charge on any atom is 0.339 e. The third-order valence-corrected chi connectivity index (χ3v) is 2.50. The fourth-order valence-corrected chi connectivity index (χ4v) is 1.58. The van der Waals surface area contributed by atoms with Crippen molar-refractivity contribution in [3.8, 4) is 0 Å². The fourth-order valence-electron chi connectivity index (χ4n) is 1.58. The second-order valence-electron chi connectivity index (χ2n) is 4.70. The van der Waals surface area contributed by atoms with Crippen molar-refractivity contribution in [1.29, 1.82) is 0 Å². The Morgan fingerprint density at radius 2 is 2.05 bits per heavy atom. The van der Waals surface area contributed by atoms with Gasteiger partial charge in [-0.05, 0) is 39.8 Å². The molecule has 0 aliphatic heterocycles. The van der Waals surface area contributed by atoms with E-state index in [1.807, 2.05) is 20.8 Å². The molecule has 19 heavy (non-hydrogen) atoms. The van der Waals surface area contributed by atoms with Crippen LogP contribution in [0.4, 0.5) is 5.82 Å². The average molecular weight is 266 g/mol. The number of pyridine rings is 1. The van der Waals surface area contributed by atoms with Gasteiger partial charge >= 0.3 is 5.97 Å². The van der Waals surface area contributed by atoms with Gasteiger partial charge in [0.2, 0.25) is 0 Å². The van der Waals surface area contributed by atoms with Crippen LogP contribution in [0.15, 0.2) is 18.3 Å². The van der Waals surface area contributed by atoms with E-state index in [2.05, 4.69) is 10.3 Å². The largest absolute Gasteiger partial charge is 0.462 e. The first kappa shape index (κ1) is 15.4. The highest BCUT2D eigenvalue weighted by Gasteiger charge is 2.17. The van der Waals surface area contributed by atoms with Crippen LogP contribution in [0.2, 0.25) is 0 Å². The van der Waals surface area contributed by atoms with Crippen LogP contribution < -0.4 is 5.32 Å². The maximum absolute atomic E-state index is 11.5. The number of esters is 1. The molecule has 0 atom stereocenters. The third kappa shape index (κ3) is 5.26. The van der Waals surface area contributed by atoms with E-state index in [4.69, 9.17) is 9.47 Å². The van der Waals surface area contributed by atoms with Crippen LogP contribution in [-0.4, -0.2) is 36.3 Å². The summed E-state index contributed by atoms with van der Waals surface area (Å²) in [6.07, 6.45) is 1.51. The molecular formula is C14H22N2O3. The number of ether oxygens (including phenoxy) is 2. The van der Waals surface area contributed by atoms with Crippen molar-refractivity contribution >= 4 is 11.8 Å². The van der Waals surface area contributed by atoms with Crippen molar-refractivity contribution in [3.63, 3.8) is 0 Å².